The van der Waals surface area contributed by atoms with Gasteiger partial charge in [0, 0.05) is 11.8 Å². The number of nitrogens with zero attached hydrogens (tertiary/aromatic N) is 2. The maximum atomic E-state index is 13.7. The van der Waals surface area contributed by atoms with Crippen LogP contribution in [0.4, 0.5) is 17.6 Å². The molecule has 27 heavy (non-hydrogen) atoms. The molecule has 1 aromatic heterocycles. The lowest BCUT2D eigenvalue weighted by Gasteiger charge is -2.11. The zero-order valence-electron chi connectivity index (χ0n) is 14.1. The molecule has 0 spiro atoms. The third-order valence-corrected chi connectivity index (χ3v) is 4.39. The maximum Gasteiger partial charge on any atom is 0.433 e. The Morgan fingerprint density at radius 3 is 2.48 bits per heavy atom. The van der Waals surface area contributed by atoms with E-state index in [0.717, 1.165) is 29.0 Å². The van der Waals surface area contributed by atoms with Gasteiger partial charge in [0.05, 0.1) is 0 Å². The molecule has 0 fully saturated rings. The van der Waals surface area contributed by atoms with E-state index in [0.29, 0.717) is 11.8 Å². The third-order valence-electron chi connectivity index (χ3n) is 3.47. The van der Waals surface area contributed by atoms with Gasteiger partial charge in [0.15, 0.2) is 22.4 Å². The molecule has 0 bridgehead atoms. The molecule has 0 aliphatic heterocycles. The van der Waals surface area contributed by atoms with E-state index in [1.54, 1.807) is 0 Å². The van der Waals surface area contributed by atoms with Crippen LogP contribution in [0.25, 0.3) is 0 Å². The molecule has 3 aromatic rings. The Morgan fingerprint density at radius 2 is 1.78 bits per heavy atom. The van der Waals surface area contributed by atoms with Gasteiger partial charge in [-0.25, -0.2) is 9.37 Å². The van der Waals surface area contributed by atoms with Crippen molar-refractivity contribution in [2.45, 2.75) is 24.0 Å². The third kappa shape index (κ3) is 5.19. The molecule has 140 valence electrons. The molecule has 0 amide bonds. The smallest absolute Gasteiger partial charge is 0.433 e. The number of halogens is 4. The highest BCUT2D eigenvalue weighted by atomic mass is 32.2. The number of hydrogen-bond acceptors (Lipinski definition) is 4. The minimum Gasteiger partial charge on any atom is -0.436 e. The molecular formula is C19H14F4N2OS. The predicted molar refractivity (Wildman–Crippen MR) is 94.2 cm³/mol. The van der Waals surface area contributed by atoms with Crippen LogP contribution in [0.2, 0.25) is 0 Å². The summed E-state index contributed by atoms with van der Waals surface area (Å²) in [5.41, 5.74) is 0.829. The summed E-state index contributed by atoms with van der Waals surface area (Å²) in [6.07, 6.45) is -4.67. The van der Waals surface area contributed by atoms with E-state index >= 15 is 0 Å². The van der Waals surface area contributed by atoms with Crippen LogP contribution in [-0.4, -0.2) is 9.97 Å². The summed E-state index contributed by atoms with van der Waals surface area (Å²) in [6.45, 7) is 1.93. The van der Waals surface area contributed by atoms with Crippen molar-refractivity contribution in [1.29, 1.82) is 0 Å². The van der Waals surface area contributed by atoms with Crippen molar-refractivity contribution in [1.82, 2.24) is 9.97 Å². The highest BCUT2D eigenvalue weighted by Gasteiger charge is 2.34. The lowest BCUT2D eigenvalue weighted by atomic mass is 10.2. The molecule has 0 unspecified atom stereocenters. The van der Waals surface area contributed by atoms with Crippen molar-refractivity contribution in [3.63, 3.8) is 0 Å². The number of hydrogen-bond donors (Lipinski definition) is 0. The number of ether oxygens (including phenoxy) is 1. The van der Waals surface area contributed by atoms with Gasteiger partial charge in [0.25, 0.3) is 0 Å². The Kier molecular flexibility index (Phi) is 5.65. The Bertz CT molecular complexity index is 947. The lowest BCUT2D eigenvalue weighted by Crippen LogP contribution is -2.10. The molecule has 3 nitrogen and oxygen atoms in total. The highest BCUT2D eigenvalue weighted by molar-refractivity contribution is 7.98. The minimum absolute atomic E-state index is 0.0994. The number of benzene rings is 2. The highest BCUT2D eigenvalue weighted by Crippen LogP contribution is 2.33. The van der Waals surface area contributed by atoms with Gasteiger partial charge in [0.1, 0.15) is 0 Å². The van der Waals surface area contributed by atoms with Crippen molar-refractivity contribution in [3.8, 4) is 11.6 Å². The Balaban J connectivity index is 1.87. The topological polar surface area (TPSA) is 35.0 Å². The van der Waals surface area contributed by atoms with Crippen molar-refractivity contribution in [2.24, 2.45) is 0 Å². The molecule has 3 rings (SSSR count). The van der Waals surface area contributed by atoms with Crippen LogP contribution < -0.4 is 4.74 Å². The van der Waals surface area contributed by atoms with E-state index in [-0.39, 0.29) is 16.8 Å². The average molecular weight is 394 g/mol. The first-order valence-electron chi connectivity index (χ1n) is 7.88. The van der Waals surface area contributed by atoms with Gasteiger partial charge in [0.2, 0.25) is 5.88 Å². The number of alkyl halides is 3. The number of aryl methyl sites for hydroxylation is 1. The fourth-order valence-electron chi connectivity index (χ4n) is 2.26. The van der Waals surface area contributed by atoms with Crippen LogP contribution >= 0.6 is 11.8 Å². The van der Waals surface area contributed by atoms with Crippen molar-refractivity contribution < 1.29 is 22.3 Å². The van der Waals surface area contributed by atoms with Gasteiger partial charge in [-0.1, -0.05) is 53.7 Å². The maximum absolute atomic E-state index is 13.7. The van der Waals surface area contributed by atoms with Crippen LogP contribution in [0, 0.1) is 12.7 Å². The van der Waals surface area contributed by atoms with Gasteiger partial charge in [-0.05, 0) is 24.6 Å². The van der Waals surface area contributed by atoms with Crippen molar-refractivity contribution >= 4 is 11.8 Å². The van der Waals surface area contributed by atoms with Crippen LogP contribution in [0.5, 0.6) is 11.6 Å². The monoisotopic (exact) mass is 394 g/mol. The van der Waals surface area contributed by atoms with E-state index < -0.39 is 17.7 Å². The average Bonchev–Trinajstić information content (AvgIpc) is 2.61. The van der Waals surface area contributed by atoms with Gasteiger partial charge in [-0.2, -0.15) is 18.2 Å². The first-order valence-corrected chi connectivity index (χ1v) is 8.87. The summed E-state index contributed by atoms with van der Waals surface area (Å²) in [7, 11) is 0. The second kappa shape index (κ2) is 7.96. The molecule has 8 heteroatoms. The van der Waals surface area contributed by atoms with Crippen LogP contribution in [0.3, 0.4) is 0 Å². The van der Waals surface area contributed by atoms with Gasteiger partial charge in [-0.15, -0.1) is 0 Å². The second-order valence-corrected chi connectivity index (χ2v) is 6.62. The Morgan fingerprint density at radius 1 is 1.00 bits per heavy atom. The molecule has 2 aromatic carbocycles. The first kappa shape index (κ1) is 19.2. The zero-order valence-corrected chi connectivity index (χ0v) is 14.9. The van der Waals surface area contributed by atoms with Gasteiger partial charge < -0.3 is 4.74 Å². The van der Waals surface area contributed by atoms with Crippen LogP contribution in [0.1, 0.15) is 16.8 Å². The van der Waals surface area contributed by atoms with Crippen molar-refractivity contribution in [3.05, 3.63) is 77.2 Å². The number of para-hydroxylation sites is 1. The summed E-state index contributed by atoms with van der Waals surface area (Å²) in [5, 5.41) is -0.0994. The van der Waals surface area contributed by atoms with Gasteiger partial charge >= 0.3 is 6.18 Å². The fraction of sp³-hybridized carbons (Fsp3) is 0.158. The summed E-state index contributed by atoms with van der Waals surface area (Å²) in [5.74, 6) is -0.881. The normalized spacial score (nSPS) is 11.4. The van der Waals surface area contributed by atoms with E-state index in [2.05, 4.69) is 9.97 Å². The lowest BCUT2D eigenvalue weighted by molar-refractivity contribution is -0.141. The molecule has 0 atom stereocenters. The first-order chi connectivity index (χ1) is 12.8. The summed E-state index contributed by atoms with van der Waals surface area (Å²) < 4.78 is 58.4. The molecule has 0 radical (unpaired) electrons. The van der Waals surface area contributed by atoms with Crippen LogP contribution in [0.15, 0.2) is 59.8 Å². The van der Waals surface area contributed by atoms with Gasteiger partial charge in [-0.3, -0.25) is 0 Å². The summed E-state index contributed by atoms with van der Waals surface area (Å²) in [6, 6.07) is 13.7. The molecular weight excluding hydrogens is 380 g/mol. The molecule has 0 saturated heterocycles. The fourth-order valence-corrected chi connectivity index (χ4v) is 3.05. The predicted octanol–water partition coefficient (Wildman–Crippen LogP) is 6.03. The molecule has 0 saturated carbocycles. The van der Waals surface area contributed by atoms with E-state index in [9.17, 15) is 17.6 Å². The standard InChI is InChI=1S/C19H14F4N2OS/c1-12-5-4-6-13(9-12)11-27-18-24-16(19(21,22)23)10-17(25-18)26-15-8-3-2-7-14(15)20/h2-10H,11H2,1H3. The van der Waals surface area contributed by atoms with E-state index in [1.807, 2.05) is 31.2 Å². The largest absolute Gasteiger partial charge is 0.436 e. The molecule has 1 heterocycles. The van der Waals surface area contributed by atoms with E-state index in [4.69, 9.17) is 4.74 Å². The summed E-state index contributed by atoms with van der Waals surface area (Å²) >= 11 is 1.05. The van der Waals surface area contributed by atoms with E-state index in [1.165, 1.54) is 18.2 Å². The quantitative estimate of drug-likeness (QED) is 0.301. The van der Waals surface area contributed by atoms with Crippen molar-refractivity contribution in [2.75, 3.05) is 0 Å². The molecule has 0 aliphatic carbocycles. The Labute approximate surface area is 157 Å². The zero-order chi connectivity index (χ0) is 19.4. The summed E-state index contributed by atoms with van der Waals surface area (Å²) in [4.78, 5) is 7.54. The SMILES string of the molecule is Cc1cccc(CSc2nc(Oc3ccccc3F)cc(C(F)(F)F)n2)c1. The number of rotatable bonds is 5. The minimum atomic E-state index is -4.67. The number of thioether (sulfide) groups is 1. The van der Waals surface area contributed by atoms with Crippen LogP contribution in [-0.2, 0) is 11.9 Å². The second-order valence-electron chi connectivity index (χ2n) is 5.68. The molecule has 0 aliphatic rings. The Hall–Kier alpha value is -2.61. The number of aromatic nitrogens is 2. The molecule has 0 N–H and O–H groups in total.